The van der Waals surface area contributed by atoms with Crippen LogP contribution in [-0.4, -0.2) is 97.2 Å². The van der Waals surface area contributed by atoms with Gasteiger partial charge >= 0.3 is 11.9 Å². The molecule has 1 aliphatic heterocycles. The Morgan fingerprint density at radius 1 is 0.851 bits per heavy atom. The lowest BCUT2D eigenvalue weighted by atomic mass is 9.33. The zero-order valence-electron chi connectivity index (χ0n) is 28.7. The van der Waals surface area contributed by atoms with E-state index in [1.54, 1.807) is 6.92 Å². The van der Waals surface area contributed by atoms with Gasteiger partial charge in [0.15, 0.2) is 6.29 Å². The second-order valence-electron chi connectivity index (χ2n) is 17.8. The Labute approximate surface area is 277 Å². The van der Waals surface area contributed by atoms with Gasteiger partial charge in [-0.15, -0.1) is 0 Å². The third-order valence-corrected chi connectivity index (χ3v) is 15.2. The maximum Gasteiger partial charge on any atom is 0.312 e. The molecule has 11 nitrogen and oxygen atoms in total. The van der Waals surface area contributed by atoms with E-state index in [0.29, 0.717) is 25.7 Å². The first kappa shape index (κ1) is 35.2. The molecule has 47 heavy (non-hydrogen) atoms. The van der Waals surface area contributed by atoms with Crippen LogP contribution in [0.25, 0.3) is 0 Å². The predicted octanol–water partition coefficient (Wildman–Crippen LogP) is 3.09. The lowest BCUT2D eigenvalue weighted by Crippen LogP contribution is -2.70. The summed E-state index contributed by atoms with van der Waals surface area (Å²) >= 11 is 0. The van der Waals surface area contributed by atoms with Crippen molar-refractivity contribution in [2.24, 2.45) is 50.2 Å². The van der Waals surface area contributed by atoms with Crippen LogP contribution in [0.3, 0.4) is 0 Å². The van der Waals surface area contributed by atoms with Crippen LogP contribution in [0.5, 0.6) is 0 Å². The first-order valence-electron chi connectivity index (χ1n) is 17.5. The molecule has 11 heteroatoms. The summed E-state index contributed by atoms with van der Waals surface area (Å²) in [6, 6.07) is 0. The highest BCUT2D eigenvalue weighted by Gasteiger charge is 2.72. The number of carboxylic acid groups (broad SMARTS) is 2. The van der Waals surface area contributed by atoms with E-state index < -0.39 is 83.6 Å². The van der Waals surface area contributed by atoms with Gasteiger partial charge in [0.05, 0.1) is 23.5 Å². The fraction of sp³-hybridized carbons (Fsp3) is 0.889. The van der Waals surface area contributed by atoms with Crippen molar-refractivity contribution in [3.63, 3.8) is 0 Å². The number of carbonyl (C=O) groups is 2. The predicted molar refractivity (Wildman–Crippen MR) is 169 cm³/mol. The molecular weight excluding hydrogens is 608 g/mol. The minimum absolute atomic E-state index is 0.0120. The average molecular weight is 665 g/mol. The Hall–Kier alpha value is -1.60. The van der Waals surface area contributed by atoms with Crippen molar-refractivity contribution >= 4 is 11.9 Å². The lowest BCUT2D eigenvalue weighted by Gasteiger charge is -2.71. The Morgan fingerprint density at radius 3 is 2.13 bits per heavy atom. The number of ether oxygens (including phenoxy) is 2. The highest BCUT2D eigenvalue weighted by atomic mass is 16.7. The van der Waals surface area contributed by atoms with Gasteiger partial charge in [-0.2, -0.15) is 0 Å². The smallest absolute Gasteiger partial charge is 0.312 e. The van der Waals surface area contributed by atoms with Crippen molar-refractivity contribution in [1.82, 2.24) is 0 Å². The number of hydrogen-bond acceptors (Lipinski definition) is 9. The Kier molecular flexibility index (Phi) is 8.40. The number of aliphatic hydroxyl groups is 5. The van der Waals surface area contributed by atoms with Crippen LogP contribution < -0.4 is 0 Å². The second-order valence-corrected chi connectivity index (χ2v) is 17.8. The standard InChI is InChI=1S/C36H56O11/c1-31(2)11-13-36(30(44)45)14-12-33(4)18(19(36)15-31)7-8-22-32(3)16-20(38)27(35(6,29(42)43)23(32)9-10-34(22,33)5)47-28-26(41)25(40)24(39)21(17-37)46-28/h7,19-28,37-41H,8-17H2,1-6H3,(H,42,43)(H,44,45)/t19-,20-,21-,22?,23?,24-,25+,26-,27?,28+,32+,33+,34+,35-,36?/m0/s1. The third-order valence-electron chi connectivity index (χ3n) is 15.2. The second kappa shape index (κ2) is 11.2. The van der Waals surface area contributed by atoms with Gasteiger partial charge in [0, 0.05) is 0 Å². The molecule has 0 aromatic rings. The van der Waals surface area contributed by atoms with Crippen molar-refractivity contribution in [1.29, 1.82) is 0 Å². The number of allylic oxidation sites excluding steroid dienone is 2. The van der Waals surface area contributed by atoms with Crippen molar-refractivity contribution < 1.29 is 54.8 Å². The molecule has 4 saturated carbocycles. The van der Waals surface area contributed by atoms with Crippen LogP contribution >= 0.6 is 0 Å². The number of carboxylic acids is 2. The maximum absolute atomic E-state index is 13.3. The van der Waals surface area contributed by atoms with Crippen LogP contribution in [0.2, 0.25) is 0 Å². The van der Waals surface area contributed by atoms with Crippen LogP contribution in [0, 0.1) is 50.2 Å². The third kappa shape index (κ3) is 4.69. The molecule has 266 valence electrons. The van der Waals surface area contributed by atoms with Crippen molar-refractivity contribution in [3.8, 4) is 0 Å². The summed E-state index contributed by atoms with van der Waals surface area (Å²) in [7, 11) is 0. The average Bonchev–Trinajstić information content (AvgIpc) is 2.98. The van der Waals surface area contributed by atoms with E-state index in [1.807, 2.05) is 0 Å². The van der Waals surface area contributed by atoms with Crippen LogP contribution in [0.1, 0.15) is 99.3 Å². The van der Waals surface area contributed by atoms with Gasteiger partial charge in [-0.3, -0.25) is 9.59 Å². The molecule has 0 aromatic heterocycles. The minimum Gasteiger partial charge on any atom is -0.481 e. The molecule has 5 fully saturated rings. The summed E-state index contributed by atoms with van der Waals surface area (Å²) in [5.74, 6) is -2.29. The highest BCUT2D eigenvalue weighted by Crippen LogP contribution is 2.76. The lowest BCUT2D eigenvalue weighted by molar-refractivity contribution is -0.340. The van der Waals surface area contributed by atoms with E-state index in [2.05, 4.69) is 40.7 Å². The van der Waals surface area contributed by atoms with Crippen LogP contribution in [-0.2, 0) is 19.1 Å². The van der Waals surface area contributed by atoms with E-state index in [4.69, 9.17) is 9.47 Å². The summed E-state index contributed by atoms with van der Waals surface area (Å²) in [4.78, 5) is 26.3. The molecule has 6 aliphatic rings. The van der Waals surface area contributed by atoms with E-state index in [-0.39, 0.29) is 34.5 Å². The summed E-state index contributed by atoms with van der Waals surface area (Å²) in [5, 5.41) is 74.4. The number of aliphatic hydroxyl groups excluding tert-OH is 5. The zero-order chi connectivity index (χ0) is 34.7. The molecule has 1 heterocycles. The van der Waals surface area contributed by atoms with Crippen LogP contribution in [0.15, 0.2) is 11.6 Å². The van der Waals surface area contributed by atoms with Crippen molar-refractivity contribution in [2.75, 3.05) is 6.61 Å². The van der Waals surface area contributed by atoms with Gasteiger partial charge in [0.25, 0.3) is 0 Å². The van der Waals surface area contributed by atoms with Gasteiger partial charge < -0.3 is 45.2 Å². The molecule has 5 aliphatic carbocycles. The fourth-order valence-electron chi connectivity index (χ4n) is 12.2. The summed E-state index contributed by atoms with van der Waals surface area (Å²) in [6.45, 7) is 12.1. The minimum atomic E-state index is -1.73. The maximum atomic E-state index is 13.3. The van der Waals surface area contributed by atoms with E-state index in [9.17, 15) is 45.3 Å². The van der Waals surface area contributed by atoms with Crippen LogP contribution in [0.4, 0.5) is 0 Å². The topological polar surface area (TPSA) is 194 Å². The molecule has 0 aromatic carbocycles. The summed E-state index contributed by atoms with van der Waals surface area (Å²) in [6.07, 6.45) is -2.13. The van der Waals surface area contributed by atoms with E-state index >= 15 is 0 Å². The first-order valence-corrected chi connectivity index (χ1v) is 17.5. The van der Waals surface area contributed by atoms with Gasteiger partial charge in [-0.25, -0.2) is 0 Å². The van der Waals surface area contributed by atoms with Gasteiger partial charge in [0.2, 0.25) is 0 Å². The summed E-state index contributed by atoms with van der Waals surface area (Å²) < 4.78 is 11.7. The van der Waals surface area contributed by atoms with Gasteiger partial charge in [-0.1, -0.05) is 46.3 Å². The molecule has 0 amide bonds. The first-order chi connectivity index (χ1) is 21.7. The highest BCUT2D eigenvalue weighted by molar-refractivity contribution is 5.77. The molecule has 0 radical (unpaired) electrons. The monoisotopic (exact) mass is 664 g/mol. The molecule has 15 atom stereocenters. The SMILES string of the molecule is CC1(C)CCC2(C(=O)O)CC[C@]3(C)C(=CCC4[C@@]5(C)C[C@H](O)C(O[C@H]6O[C@@H](CO)[C@H](O)[C@@H](O)[C@@H]6O)[C@@](C)(C(=O)O)C5CC[C@]43C)[C@@H]2C1. The molecular formula is C36H56O11. The number of fused-ring (bicyclic) bond motifs is 7. The van der Waals surface area contributed by atoms with E-state index in [1.165, 1.54) is 5.57 Å². The number of hydrogen-bond donors (Lipinski definition) is 7. The Morgan fingerprint density at radius 2 is 1.51 bits per heavy atom. The molecule has 7 N–H and O–H groups in total. The summed E-state index contributed by atoms with van der Waals surface area (Å²) in [5.41, 5.74) is -2.22. The van der Waals surface area contributed by atoms with E-state index in [0.717, 1.165) is 25.7 Å². The van der Waals surface area contributed by atoms with Crippen molar-refractivity contribution in [3.05, 3.63) is 11.6 Å². The molecule has 0 bridgehead atoms. The van der Waals surface area contributed by atoms with Gasteiger partial charge in [-0.05, 0) is 104 Å². The quantitative estimate of drug-likeness (QED) is 0.169. The Bertz CT molecular complexity index is 1310. The molecule has 0 spiro atoms. The normalized spacial score (nSPS) is 53.8. The zero-order valence-corrected chi connectivity index (χ0v) is 28.7. The Balaban J connectivity index is 1.36. The van der Waals surface area contributed by atoms with Gasteiger partial charge in [0.1, 0.15) is 30.5 Å². The van der Waals surface area contributed by atoms with Crippen molar-refractivity contribution in [2.45, 2.75) is 142 Å². The molecule has 4 unspecified atom stereocenters. The molecule has 6 rings (SSSR count). The molecule has 1 saturated heterocycles. The largest absolute Gasteiger partial charge is 0.481 e. The number of rotatable bonds is 5. The number of aliphatic carboxylic acids is 2. The fourth-order valence-corrected chi connectivity index (χ4v) is 12.2.